The number of hydrogen-bond donors (Lipinski definition) is 1. The smallest absolute Gasteiger partial charge is 0.303 e. The van der Waals surface area contributed by atoms with Crippen molar-refractivity contribution in [1.29, 1.82) is 0 Å². The Bertz CT molecular complexity index is 674. The topological polar surface area (TPSA) is 40.5 Å². The normalized spacial score (nSPS) is 12.2. The molecule has 0 bridgehead atoms. The SMILES string of the molecule is CC(C)C(CC(=O)O)Cc1ccc(-c2ccccc2N(C)C)cc1. The summed E-state index contributed by atoms with van der Waals surface area (Å²) < 4.78 is 0. The van der Waals surface area contributed by atoms with Crippen molar-refractivity contribution in [1.82, 2.24) is 0 Å². The zero-order chi connectivity index (χ0) is 17.7. The minimum atomic E-state index is -0.717. The number of carboxylic acid groups (broad SMARTS) is 1. The van der Waals surface area contributed by atoms with Gasteiger partial charge in [-0.3, -0.25) is 4.79 Å². The maximum absolute atomic E-state index is 11.0. The molecule has 2 rings (SSSR count). The van der Waals surface area contributed by atoms with Crippen molar-refractivity contribution in [2.24, 2.45) is 11.8 Å². The van der Waals surface area contributed by atoms with Gasteiger partial charge in [-0.1, -0.05) is 56.3 Å². The van der Waals surface area contributed by atoms with Crippen LogP contribution in [0.3, 0.4) is 0 Å². The number of para-hydroxylation sites is 1. The van der Waals surface area contributed by atoms with E-state index in [-0.39, 0.29) is 12.3 Å². The van der Waals surface area contributed by atoms with Gasteiger partial charge in [-0.05, 0) is 35.4 Å². The molecule has 24 heavy (non-hydrogen) atoms. The van der Waals surface area contributed by atoms with Crippen LogP contribution in [0, 0.1) is 11.8 Å². The predicted molar refractivity (Wildman–Crippen MR) is 100 cm³/mol. The molecular weight excluding hydrogens is 298 g/mol. The Hall–Kier alpha value is -2.29. The quantitative estimate of drug-likeness (QED) is 0.801. The molecule has 0 saturated carbocycles. The number of aliphatic carboxylic acids is 1. The fraction of sp³-hybridized carbons (Fsp3) is 0.381. The highest BCUT2D eigenvalue weighted by Crippen LogP contribution is 2.30. The first-order chi connectivity index (χ1) is 11.4. The van der Waals surface area contributed by atoms with E-state index in [1.807, 2.05) is 20.2 Å². The Kier molecular flexibility index (Phi) is 6.02. The second-order valence-corrected chi connectivity index (χ2v) is 6.91. The highest BCUT2D eigenvalue weighted by molar-refractivity contribution is 5.78. The number of benzene rings is 2. The minimum absolute atomic E-state index is 0.169. The van der Waals surface area contributed by atoms with E-state index in [2.05, 4.69) is 61.2 Å². The van der Waals surface area contributed by atoms with Crippen LogP contribution in [-0.2, 0) is 11.2 Å². The summed E-state index contributed by atoms with van der Waals surface area (Å²) in [6.07, 6.45) is 1.03. The summed E-state index contributed by atoms with van der Waals surface area (Å²) in [7, 11) is 4.10. The lowest BCUT2D eigenvalue weighted by Crippen LogP contribution is -2.16. The van der Waals surface area contributed by atoms with E-state index in [1.165, 1.54) is 22.4 Å². The van der Waals surface area contributed by atoms with Crippen molar-refractivity contribution in [2.75, 3.05) is 19.0 Å². The number of hydrogen-bond acceptors (Lipinski definition) is 2. The van der Waals surface area contributed by atoms with E-state index in [1.54, 1.807) is 0 Å². The third-order valence-corrected chi connectivity index (χ3v) is 4.53. The largest absolute Gasteiger partial charge is 0.481 e. The molecule has 0 fully saturated rings. The van der Waals surface area contributed by atoms with E-state index in [0.717, 1.165) is 6.42 Å². The summed E-state index contributed by atoms with van der Waals surface area (Å²) in [4.78, 5) is 13.2. The van der Waals surface area contributed by atoms with Gasteiger partial charge in [0.05, 0.1) is 0 Å². The second kappa shape index (κ2) is 8.00. The number of carboxylic acids is 1. The van der Waals surface area contributed by atoms with Gasteiger partial charge in [0, 0.05) is 31.8 Å². The van der Waals surface area contributed by atoms with Crippen LogP contribution in [0.2, 0.25) is 0 Å². The summed E-state index contributed by atoms with van der Waals surface area (Å²) in [5.74, 6) is -0.192. The van der Waals surface area contributed by atoms with Gasteiger partial charge in [-0.2, -0.15) is 0 Å². The lowest BCUT2D eigenvalue weighted by atomic mass is 9.86. The summed E-state index contributed by atoms with van der Waals surface area (Å²) in [6, 6.07) is 16.9. The van der Waals surface area contributed by atoms with Gasteiger partial charge < -0.3 is 10.0 Å². The van der Waals surface area contributed by atoms with E-state index < -0.39 is 5.97 Å². The number of nitrogens with zero attached hydrogens (tertiary/aromatic N) is 1. The molecule has 0 aliphatic heterocycles. The number of carbonyl (C=O) groups is 1. The summed E-state index contributed by atoms with van der Waals surface area (Å²) in [5.41, 5.74) is 4.78. The van der Waals surface area contributed by atoms with Gasteiger partial charge in [0.1, 0.15) is 0 Å². The van der Waals surface area contributed by atoms with Gasteiger partial charge in [0.15, 0.2) is 0 Å². The molecule has 0 heterocycles. The molecule has 0 radical (unpaired) electrons. The van der Waals surface area contributed by atoms with E-state index in [9.17, 15) is 4.79 Å². The second-order valence-electron chi connectivity index (χ2n) is 6.91. The van der Waals surface area contributed by atoms with Gasteiger partial charge in [0.2, 0.25) is 0 Å². The molecule has 0 amide bonds. The van der Waals surface area contributed by atoms with Crippen molar-refractivity contribution in [3.8, 4) is 11.1 Å². The molecule has 0 saturated heterocycles. The predicted octanol–water partition coefficient (Wildman–Crippen LogP) is 4.71. The van der Waals surface area contributed by atoms with Crippen LogP contribution in [0.15, 0.2) is 48.5 Å². The Balaban J connectivity index is 2.20. The Labute approximate surface area is 144 Å². The van der Waals surface area contributed by atoms with Crippen molar-refractivity contribution in [2.45, 2.75) is 26.7 Å². The van der Waals surface area contributed by atoms with Crippen molar-refractivity contribution in [3.05, 3.63) is 54.1 Å². The lowest BCUT2D eigenvalue weighted by Gasteiger charge is -2.20. The molecular formula is C21H27NO2. The molecule has 2 aromatic rings. The van der Waals surface area contributed by atoms with E-state index in [0.29, 0.717) is 5.92 Å². The first kappa shape index (κ1) is 18.1. The maximum atomic E-state index is 11.0. The van der Waals surface area contributed by atoms with Crippen LogP contribution in [0.4, 0.5) is 5.69 Å². The van der Waals surface area contributed by atoms with Gasteiger partial charge in [0.25, 0.3) is 0 Å². The van der Waals surface area contributed by atoms with Crippen molar-refractivity contribution in [3.63, 3.8) is 0 Å². The highest BCUT2D eigenvalue weighted by Gasteiger charge is 2.17. The Morgan fingerprint density at radius 3 is 2.21 bits per heavy atom. The lowest BCUT2D eigenvalue weighted by molar-refractivity contribution is -0.138. The number of rotatable bonds is 7. The molecule has 128 valence electrons. The first-order valence-corrected chi connectivity index (χ1v) is 8.46. The molecule has 0 aromatic heterocycles. The highest BCUT2D eigenvalue weighted by atomic mass is 16.4. The third-order valence-electron chi connectivity index (χ3n) is 4.53. The van der Waals surface area contributed by atoms with E-state index >= 15 is 0 Å². The van der Waals surface area contributed by atoms with Gasteiger partial charge in [-0.25, -0.2) is 0 Å². The summed E-state index contributed by atoms with van der Waals surface area (Å²) in [6.45, 7) is 4.19. The monoisotopic (exact) mass is 325 g/mol. The van der Waals surface area contributed by atoms with E-state index in [4.69, 9.17) is 5.11 Å². The molecule has 0 spiro atoms. The van der Waals surface area contributed by atoms with Crippen LogP contribution in [0.25, 0.3) is 11.1 Å². The standard InChI is InChI=1S/C21H27NO2/c1-15(2)18(14-21(23)24)13-16-9-11-17(12-10-16)19-7-5-6-8-20(19)22(3)4/h5-12,15,18H,13-14H2,1-4H3,(H,23,24). The van der Waals surface area contributed by atoms with Crippen molar-refractivity contribution < 1.29 is 9.90 Å². The van der Waals surface area contributed by atoms with Gasteiger partial charge in [-0.15, -0.1) is 0 Å². The van der Waals surface area contributed by atoms with Crippen LogP contribution in [0.5, 0.6) is 0 Å². The minimum Gasteiger partial charge on any atom is -0.481 e. The molecule has 0 aliphatic rings. The maximum Gasteiger partial charge on any atom is 0.303 e. The Morgan fingerprint density at radius 1 is 1.04 bits per heavy atom. The molecule has 1 atom stereocenters. The fourth-order valence-corrected chi connectivity index (χ4v) is 3.00. The summed E-state index contributed by atoms with van der Waals surface area (Å²) >= 11 is 0. The molecule has 1 N–H and O–H groups in total. The first-order valence-electron chi connectivity index (χ1n) is 8.46. The number of anilines is 1. The average Bonchev–Trinajstić information content (AvgIpc) is 2.54. The third kappa shape index (κ3) is 4.60. The summed E-state index contributed by atoms with van der Waals surface area (Å²) in [5, 5.41) is 9.08. The molecule has 2 aromatic carbocycles. The molecule has 1 unspecified atom stereocenters. The van der Waals surface area contributed by atoms with Gasteiger partial charge >= 0.3 is 5.97 Å². The fourth-order valence-electron chi connectivity index (χ4n) is 3.00. The molecule has 3 nitrogen and oxygen atoms in total. The molecule has 3 heteroatoms. The van der Waals surface area contributed by atoms with Crippen molar-refractivity contribution >= 4 is 11.7 Å². The van der Waals surface area contributed by atoms with Crippen LogP contribution in [0.1, 0.15) is 25.8 Å². The Morgan fingerprint density at radius 2 is 1.67 bits per heavy atom. The zero-order valence-electron chi connectivity index (χ0n) is 15.0. The van der Waals surface area contributed by atoms with Crippen LogP contribution in [-0.4, -0.2) is 25.2 Å². The van der Waals surface area contributed by atoms with Crippen LogP contribution < -0.4 is 4.90 Å². The average molecular weight is 325 g/mol. The molecule has 0 aliphatic carbocycles. The van der Waals surface area contributed by atoms with Crippen LogP contribution >= 0.6 is 0 Å². The zero-order valence-corrected chi connectivity index (χ0v) is 15.0.